The molecule has 0 aromatic heterocycles. The molecule has 4 aliphatic carbocycles. The van der Waals surface area contributed by atoms with Gasteiger partial charge in [-0.05, 0) is 73.0 Å². The number of esters is 1. The number of hydrogen-bond donors (Lipinski definition) is 0. The van der Waals surface area contributed by atoms with Crippen molar-refractivity contribution < 1.29 is 19.1 Å². The Kier molecular flexibility index (Phi) is 5.29. The molecule has 4 nitrogen and oxygen atoms in total. The fourth-order valence-electron chi connectivity index (χ4n) is 7.84. The number of halogens is 1. The van der Waals surface area contributed by atoms with Crippen molar-refractivity contribution in [3.63, 3.8) is 0 Å². The van der Waals surface area contributed by atoms with Gasteiger partial charge in [-0.1, -0.05) is 29.8 Å². The van der Waals surface area contributed by atoms with E-state index in [1.165, 1.54) is 6.92 Å². The van der Waals surface area contributed by atoms with Gasteiger partial charge in [-0.2, -0.15) is 0 Å². The van der Waals surface area contributed by atoms with Crippen LogP contribution in [0, 0.1) is 40.4 Å². The van der Waals surface area contributed by atoms with Gasteiger partial charge in [-0.3, -0.25) is 14.4 Å². The molecule has 0 spiro atoms. The summed E-state index contributed by atoms with van der Waals surface area (Å²) in [5.41, 5.74) is 0.269. The van der Waals surface area contributed by atoms with Gasteiger partial charge in [0, 0.05) is 30.5 Å². The predicted octanol–water partition coefficient (Wildman–Crippen LogP) is 4.72. The van der Waals surface area contributed by atoms with Crippen molar-refractivity contribution in [2.75, 3.05) is 6.61 Å². The summed E-state index contributed by atoms with van der Waals surface area (Å²) in [6, 6.07) is 0. The first-order valence-electron chi connectivity index (χ1n) is 11.0. The molecule has 4 rings (SSSR count). The van der Waals surface area contributed by atoms with Crippen molar-refractivity contribution in [1.29, 1.82) is 0 Å². The molecule has 0 saturated heterocycles. The fourth-order valence-corrected chi connectivity index (χ4v) is 9.06. The molecule has 0 heterocycles. The first-order valence-corrected chi connectivity index (χ1v) is 11.9. The van der Waals surface area contributed by atoms with E-state index in [4.69, 9.17) is 4.74 Å². The Labute approximate surface area is 176 Å². The number of carbonyl (C=O) groups excluding carboxylic acids is 3. The lowest BCUT2D eigenvalue weighted by Gasteiger charge is -2.61. The van der Waals surface area contributed by atoms with E-state index in [9.17, 15) is 14.4 Å². The lowest BCUT2D eigenvalue weighted by Crippen LogP contribution is -2.57. The van der Waals surface area contributed by atoms with E-state index >= 15 is 0 Å². The Hall–Kier alpha value is -0.710. The van der Waals surface area contributed by atoms with Gasteiger partial charge in [0.15, 0.2) is 5.78 Å². The van der Waals surface area contributed by atoms with Crippen molar-refractivity contribution in [3.8, 4) is 0 Å². The number of alkyl halides is 1. The molecule has 5 heteroatoms. The van der Waals surface area contributed by atoms with Crippen LogP contribution in [-0.2, 0) is 19.1 Å². The number of rotatable bonds is 3. The molecule has 0 unspecified atom stereocenters. The minimum Gasteiger partial charge on any atom is -0.458 e. The van der Waals surface area contributed by atoms with Crippen LogP contribution in [-0.4, -0.2) is 29.0 Å². The number of ether oxygens (including phenoxy) is 1. The smallest absolute Gasteiger partial charge is 0.303 e. The predicted molar refractivity (Wildman–Crippen MR) is 110 cm³/mol. The zero-order valence-corrected chi connectivity index (χ0v) is 18.9. The molecule has 0 aromatic rings. The zero-order chi connectivity index (χ0) is 20.3. The van der Waals surface area contributed by atoms with Crippen molar-refractivity contribution >= 4 is 33.5 Å². The topological polar surface area (TPSA) is 60.4 Å². The summed E-state index contributed by atoms with van der Waals surface area (Å²) in [5, 5.41) is 0. The highest BCUT2D eigenvalue weighted by atomic mass is 79.9. The largest absolute Gasteiger partial charge is 0.458 e. The van der Waals surface area contributed by atoms with E-state index in [-0.39, 0.29) is 35.1 Å². The summed E-state index contributed by atoms with van der Waals surface area (Å²) in [4.78, 5) is 36.5. The van der Waals surface area contributed by atoms with Crippen LogP contribution in [0.2, 0.25) is 0 Å². The quantitative estimate of drug-likeness (QED) is 0.458. The maximum absolute atomic E-state index is 12.8. The highest BCUT2D eigenvalue weighted by molar-refractivity contribution is 9.09. The highest BCUT2D eigenvalue weighted by Crippen LogP contribution is 2.68. The second kappa shape index (κ2) is 7.21. The summed E-state index contributed by atoms with van der Waals surface area (Å²) in [6.45, 7) is 6.05. The lowest BCUT2D eigenvalue weighted by molar-refractivity contribution is -0.151. The van der Waals surface area contributed by atoms with Gasteiger partial charge in [-0.15, -0.1) is 0 Å². The van der Waals surface area contributed by atoms with Gasteiger partial charge in [0.1, 0.15) is 12.4 Å². The molecular formula is C23H33BrO4. The number of Topliss-reactive ketones (excluding diaryl/α,β-unsaturated/α-hetero) is 2. The molecule has 4 saturated carbocycles. The van der Waals surface area contributed by atoms with E-state index in [0.29, 0.717) is 34.3 Å². The van der Waals surface area contributed by atoms with Gasteiger partial charge < -0.3 is 4.74 Å². The summed E-state index contributed by atoms with van der Waals surface area (Å²) in [6.07, 6.45) is 7.90. The highest BCUT2D eigenvalue weighted by Gasteiger charge is 2.62. The summed E-state index contributed by atoms with van der Waals surface area (Å²) in [7, 11) is 0. The maximum atomic E-state index is 12.8. The molecule has 4 fully saturated rings. The van der Waals surface area contributed by atoms with Crippen LogP contribution in [0.4, 0.5) is 0 Å². The van der Waals surface area contributed by atoms with Gasteiger partial charge in [0.05, 0.1) is 0 Å². The number of hydrogen-bond acceptors (Lipinski definition) is 4. The number of fused-ring (bicyclic) bond motifs is 5. The third-order valence-electron chi connectivity index (χ3n) is 9.26. The average molecular weight is 453 g/mol. The molecule has 0 bridgehead atoms. The van der Waals surface area contributed by atoms with Crippen LogP contribution < -0.4 is 0 Å². The molecule has 28 heavy (non-hydrogen) atoms. The SMILES string of the molecule is CC(=O)OCC(=O)[C@H]1CC[C@H]2[C@@H]3C[C@H](Br)[C@@H]4CC(=O)CC[C@]4(C)[C@H]3CC[C@]12C. The molecule has 0 aliphatic heterocycles. The second-order valence-electron chi connectivity index (χ2n) is 10.4. The minimum absolute atomic E-state index is 0.0186. The van der Waals surface area contributed by atoms with E-state index < -0.39 is 0 Å². The molecule has 4 aliphatic rings. The van der Waals surface area contributed by atoms with Gasteiger partial charge in [0.2, 0.25) is 0 Å². The first kappa shape index (κ1) is 20.6. The Bertz CT molecular complexity index is 690. The summed E-state index contributed by atoms with van der Waals surface area (Å²) < 4.78 is 5.03. The van der Waals surface area contributed by atoms with E-state index in [2.05, 4.69) is 29.8 Å². The average Bonchev–Trinajstić information content (AvgIpc) is 2.99. The van der Waals surface area contributed by atoms with E-state index in [1.54, 1.807) is 0 Å². The van der Waals surface area contributed by atoms with Gasteiger partial charge in [0.25, 0.3) is 0 Å². The van der Waals surface area contributed by atoms with Crippen molar-refractivity contribution in [2.24, 2.45) is 40.4 Å². The van der Waals surface area contributed by atoms with Crippen LogP contribution in [0.3, 0.4) is 0 Å². The second-order valence-corrected chi connectivity index (χ2v) is 11.6. The number of carbonyl (C=O) groups is 3. The van der Waals surface area contributed by atoms with Crippen LogP contribution in [0.15, 0.2) is 0 Å². The van der Waals surface area contributed by atoms with Crippen LogP contribution >= 0.6 is 15.9 Å². The monoisotopic (exact) mass is 452 g/mol. The minimum atomic E-state index is -0.378. The van der Waals surface area contributed by atoms with E-state index in [1.807, 2.05) is 0 Å². The summed E-state index contributed by atoms with van der Waals surface area (Å²) in [5.74, 6) is 2.50. The maximum Gasteiger partial charge on any atom is 0.303 e. The Morgan fingerprint density at radius 2 is 1.79 bits per heavy atom. The first-order chi connectivity index (χ1) is 13.2. The summed E-state index contributed by atoms with van der Waals surface area (Å²) >= 11 is 3.98. The normalized spacial score (nSPS) is 47.6. The standard InChI is InChI=1S/C23H33BrO4/c1-13(25)28-12-21(27)18-5-4-16-15-11-20(24)19-10-14(26)6-8-23(19,3)17(15)7-9-22(16,18)2/h15-20H,4-12H2,1-3H3/t15-,16-,17-,18+,19-,20-,22-,23+/m0/s1. The third kappa shape index (κ3) is 3.11. The number of ketones is 2. The molecule has 0 radical (unpaired) electrons. The molecule has 0 N–H and O–H groups in total. The molecule has 156 valence electrons. The molecule has 0 amide bonds. The Balaban J connectivity index is 1.56. The molecule has 8 atom stereocenters. The van der Waals surface area contributed by atoms with E-state index in [0.717, 1.165) is 51.4 Å². The Morgan fingerprint density at radius 3 is 2.50 bits per heavy atom. The van der Waals surface area contributed by atoms with Crippen molar-refractivity contribution in [3.05, 3.63) is 0 Å². The van der Waals surface area contributed by atoms with Gasteiger partial charge >= 0.3 is 5.97 Å². The lowest BCUT2D eigenvalue weighted by atomic mass is 9.44. The van der Waals surface area contributed by atoms with Crippen LogP contribution in [0.1, 0.15) is 72.1 Å². The fraction of sp³-hybridized carbons (Fsp3) is 0.870. The van der Waals surface area contributed by atoms with Crippen molar-refractivity contribution in [2.45, 2.75) is 77.0 Å². The third-order valence-corrected chi connectivity index (χ3v) is 10.3. The molecule has 0 aromatic carbocycles. The zero-order valence-electron chi connectivity index (χ0n) is 17.3. The van der Waals surface area contributed by atoms with Crippen LogP contribution in [0.5, 0.6) is 0 Å². The van der Waals surface area contributed by atoms with Crippen molar-refractivity contribution in [1.82, 2.24) is 0 Å². The van der Waals surface area contributed by atoms with Crippen LogP contribution in [0.25, 0.3) is 0 Å². The Morgan fingerprint density at radius 1 is 1.07 bits per heavy atom. The molecular weight excluding hydrogens is 420 g/mol. The van der Waals surface area contributed by atoms with Gasteiger partial charge in [-0.25, -0.2) is 0 Å².